The van der Waals surface area contributed by atoms with Crippen molar-refractivity contribution in [2.24, 2.45) is 5.92 Å². The van der Waals surface area contributed by atoms with Gasteiger partial charge in [0.05, 0.1) is 19.1 Å². The monoisotopic (exact) mass is 320 g/mol. The lowest BCUT2D eigenvalue weighted by Gasteiger charge is -2.51. The SMILES string of the molecule is COC(=O)[C@H](C)[C@@H](O[Si]1(C(C)(C)C)CCC1)c1ccccc1. The summed E-state index contributed by atoms with van der Waals surface area (Å²) in [6.07, 6.45) is 1.04. The van der Waals surface area contributed by atoms with Crippen molar-refractivity contribution in [3.05, 3.63) is 35.9 Å². The van der Waals surface area contributed by atoms with Gasteiger partial charge in [0.1, 0.15) is 0 Å². The standard InChI is InChI=1S/C18H28O3Si/c1-14(17(19)20-5)16(15-10-7-6-8-11-15)21-22(12-9-13-22)18(2,3)4/h6-8,10-11,14,16H,9,12-13H2,1-5H3/t14-,16-/m1/s1. The molecule has 0 N–H and O–H groups in total. The summed E-state index contributed by atoms with van der Waals surface area (Å²) in [5.74, 6) is -0.494. The van der Waals surface area contributed by atoms with E-state index in [2.05, 4.69) is 20.8 Å². The Kier molecular flexibility index (Phi) is 5.13. The highest BCUT2D eigenvalue weighted by atomic mass is 28.4. The lowest BCUT2D eigenvalue weighted by Crippen LogP contribution is -2.54. The van der Waals surface area contributed by atoms with Gasteiger partial charge in [0.25, 0.3) is 0 Å². The van der Waals surface area contributed by atoms with Crippen LogP contribution < -0.4 is 0 Å². The van der Waals surface area contributed by atoms with E-state index in [0.29, 0.717) is 0 Å². The molecular formula is C18H28O3Si. The molecule has 4 heteroatoms. The van der Waals surface area contributed by atoms with Crippen LogP contribution in [0.1, 0.15) is 45.8 Å². The summed E-state index contributed by atoms with van der Waals surface area (Å²) in [5.41, 5.74) is 1.07. The van der Waals surface area contributed by atoms with Crippen molar-refractivity contribution in [3.63, 3.8) is 0 Å². The Bertz CT molecular complexity index is 503. The van der Waals surface area contributed by atoms with E-state index in [0.717, 1.165) is 5.56 Å². The van der Waals surface area contributed by atoms with Crippen LogP contribution in [0.25, 0.3) is 0 Å². The highest BCUT2D eigenvalue weighted by Crippen LogP contribution is 2.53. The van der Waals surface area contributed by atoms with Gasteiger partial charge in [0.2, 0.25) is 0 Å². The number of benzene rings is 1. The van der Waals surface area contributed by atoms with Gasteiger partial charge in [-0.1, -0.05) is 57.5 Å². The van der Waals surface area contributed by atoms with E-state index in [4.69, 9.17) is 9.16 Å². The fraction of sp³-hybridized carbons (Fsp3) is 0.611. The Morgan fingerprint density at radius 3 is 2.18 bits per heavy atom. The van der Waals surface area contributed by atoms with Gasteiger partial charge >= 0.3 is 5.97 Å². The molecule has 0 saturated carbocycles. The molecule has 3 nitrogen and oxygen atoms in total. The third-order valence-corrected chi connectivity index (χ3v) is 10.8. The van der Waals surface area contributed by atoms with Crippen molar-refractivity contribution in [3.8, 4) is 0 Å². The molecule has 1 aliphatic heterocycles. The average Bonchev–Trinajstić information content (AvgIpc) is 2.44. The molecule has 0 unspecified atom stereocenters. The molecule has 0 amide bonds. The first kappa shape index (κ1) is 17.2. The molecule has 0 radical (unpaired) electrons. The van der Waals surface area contributed by atoms with E-state index in [9.17, 15) is 4.79 Å². The van der Waals surface area contributed by atoms with Gasteiger partial charge in [-0.05, 0) is 29.6 Å². The molecule has 2 rings (SSSR count). The van der Waals surface area contributed by atoms with Gasteiger partial charge < -0.3 is 9.16 Å². The summed E-state index contributed by atoms with van der Waals surface area (Å²) < 4.78 is 11.7. The number of esters is 1. The van der Waals surface area contributed by atoms with Crippen molar-refractivity contribution in [1.82, 2.24) is 0 Å². The van der Waals surface area contributed by atoms with Crippen LogP contribution in [0.15, 0.2) is 30.3 Å². The van der Waals surface area contributed by atoms with Crippen LogP contribution in [0, 0.1) is 5.92 Å². The number of ether oxygens (including phenoxy) is 1. The second kappa shape index (κ2) is 6.55. The number of methoxy groups -OCH3 is 1. The Labute approximate surface area is 135 Å². The Hall–Kier alpha value is -1.13. The zero-order valence-corrected chi connectivity index (χ0v) is 15.4. The molecule has 122 valence electrons. The molecule has 1 aromatic carbocycles. The zero-order valence-electron chi connectivity index (χ0n) is 14.4. The molecule has 1 heterocycles. The van der Waals surface area contributed by atoms with E-state index in [1.54, 1.807) is 0 Å². The minimum atomic E-state index is -1.82. The summed E-state index contributed by atoms with van der Waals surface area (Å²) in [6.45, 7) is 8.75. The third kappa shape index (κ3) is 3.28. The smallest absolute Gasteiger partial charge is 0.311 e. The lowest BCUT2D eigenvalue weighted by atomic mass is 9.98. The second-order valence-electron chi connectivity index (χ2n) is 7.36. The topological polar surface area (TPSA) is 35.5 Å². The van der Waals surface area contributed by atoms with Crippen LogP contribution in [0.2, 0.25) is 17.1 Å². The lowest BCUT2D eigenvalue weighted by molar-refractivity contribution is -0.148. The normalized spacial score (nSPS) is 19.9. The van der Waals surface area contributed by atoms with E-state index in [-0.39, 0.29) is 23.0 Å². The minimum Gasteiger partial charge on any atom is -0.469 e. The molecule has 1 fully saturated rings. The second-order valence-corrected chi connectivity index (χ2v) is 12.1. The van der Waals surface area contributed by atoms with Crippen LogP contribution >= 0.6 is 0 Å². The Morgan fingerprint density at radius 2 is 1.77 bits per heavy atom. The molecule has 22 heavy (non-hydrogen) atoms. The molecule has 0 spiro atoms. The molecular weight excluding hydrogens is 292 g/mol. The van der Waals surface area contributed by atoms with E-state index in [1.165, 1.54) is 25.6 Å². The van der Waals surface area contributed by atoms with Crippen LogP contribution in [-0.2, 0) is 14.0 Å². The van der Waals surface area contributed by atoms with Gasteiger partial charge in [-0.25, -0.2) is 0 Å². The van der Waals surface area contributed by atoms with E-state index >= 15 is 0 Å². The van der Waals surface area contributed by atoms with Crippen molar-refractivity contribution >= 4 is 14.3 Å². The van der Waals surface area contributed by atoms with Crippen molar-refractivity contribution in [2.75, 3.05) is 7.11 Å². The Morgan fingerprint density at radius 1 is 1.18 bits per heavy atom. The maximum atomic E-state index is 12.1. The largest absolute Gasteiger partial charge is 0.469 e. The predicted molar refractivity (Wildman–Crippen MR) is 91.1 cm³/mol. The molecule has 0 bridgehead atoms. The number of rotatable bonds is 5. The quantitative estimate of drug-likeness (QED) is 0.582. The van der Waals surface area contributed by atoms with Crippen LogP contribution in [0.3, 0.4) is 0 Å². The van der Waals surface area contributed by atoms with Crippen molar-refractivity contribution in [2.45, 2.75) is 57.3 Å². The minimum absolute atomic E-state index is 0.189. The van der Waals surface area contributed by atoms with Crippen molar-refractivity contribution in [1.29, 1.82) is 0 Å². The fourth-order valence-electron chi connectivity index (χ4n) is 3.20. The fourth-order valence-corrected chi connectivity index (χ4v) is 7.11. The van der Waals surface area contributed by atoms with Gasteiger partial charge in [0.15, 0.2) is 8.32 Å². The van der Waals surface area contributed by atoms with Crippen LogP contribution in [0.5, 0.6) is 0 Å². The van der Waals surface area contributed by atoms with E-state index in [1.807, 2.05) is 37.3 Å². The van der Waals surface area contributed by atoms with Crippen molar-refractivity contribution < 1.29 is 14.0 Å². The van der Waals surface area contributed by atoms with Crippen LogP contribution in [0.4, 0.5) is 0 Å². The zero-order chi connectivity index (χ0) is 16.4. The van der Waals surface area contributed by atoms with Crippen LogP contribution in [-0.4, -0.2) is 21.4 Å². The number of carbonyl (C=O) groups excluding carboxylic acids is 1. The molecule has 1 aromatic rings. The number of hydrogen-bond donors (Lipinski definition) is 0. The molecule has 1 aliphatic rings. The predicted octanol–water partition coefficient (Wildman–Crippen LogP) is 4.70. The first-order valence-electron chi connectivity index (χ1n) is 8.11. The third-order valence-electron chi connectivity index (χ3n) is 5.04. The number of hydrogen-bond acceptors (Lipinski definition) is 3. The maximum absolute atomic E-state index is 12.1. The highest BCUT2D eigenvalue weighted by molar-refractivity contribution is 6.79. The number of carbonyl (C=O) groups is 1. The summed E-state index contributed by atoms with van der Waals surface area (Å²) in [6, 6.07) is 12.5. The van der Waals surface area contributed by atoms with Gasteiger partial charge in [-0.15, -0.1) is 0 Å². The highest BCUT2D eigenvalue weighted by Gasteiger charge is 2.53. The first-order chi connectivity index (χ1) is 10.3. The van der Waals surface area contributed by atoms with Gasteiger partial charge in [0, 0.05) is 0 Å². The van der Waals surface area contributed by atoms with Gasteiger partial charge in [-0.3, -0.25) is 4.79 Å². The first-order valence-corrected chi connectivity index (χ1v) is 10.4. The van der Waals surface area contributed by atoms with Gasteiger partial charge in [-0.2, -0.15) is 0 Å². The molecule has 0 aromatic heterocycles. The Balaban J connectivity index is 2.31. The maximum Gasteiger partial charge on any atom is 0.311 e. The summed E-state index contributed by atoms with van der Waals surface area (Å²) in [4.78, 5) is 12.1. The molecule has 0 aliphatic carbocycles. The molecule has 1 saturated heterocycles. The molecule has 2 atom stereocenters. The summed E-state index contributed by atoms with van der Waals surface area (Å²) >= 11 is 0. The average molecular weight is 321 g/mol. The summed E-state index contributed by atoms with van der Waals surface area (Å²) in [7, 11) is -0.374. The summed E-state index contributed by atoms with van der Waals surface area (Å²) in [5, 5.41) is 0.189. The van der Waals surface area contributed by atoms with E-state index < -0.39 is 8.32 Å².